The third kappa shape index (κ3) is 4.87. The van der Waals surface area contributed by atoms with E-state index in [2.05, 4.69) is 53.1 Å². The summed E-state index contributed by atoms with van der Waals surface area (Å²) in [7, 11) is 0. The number of likely N-dealkylation sites (tertiary alicyclic amines) is 1. The van der Waals surface area contributed by atoms with E-state index < -0.39 is 29.2 Å². The normalized spacial score (nSPS) is 20.3. The molecule has 1 aromatic carbocycles. The van der Waals surface area contributed by atoms with Crippen molar-refractivity contribution < 1.29 is 18.8 Å². The van der Waals surface area contributed by atoms with Crippen LogP contribution in [0, 0.1) is 43.8 Å². The highest BCUT2D eigenvalue weighted by atomic mass is 79.9. The standard InChI is InChI=1S/C31H27BrFN7O3/c1-15-8-19(20-12-34-18(4)35-13-20)10-21-26(17(3)41)38-39(27(15)21)14-25(42)40-23(11-31(5)7-6-24(31)40)30(43)37-29-16(2)9-22(33)28(32)36-29/h8-10,12-13,23-24H,11,14H2,1-5H3,(H,36,37,43)/t23-,24+,31+/m0/s1. The van der Waals surface area contributed by atoms with Crippen molar-refractivity contribution in [1.29, 1.82) is 0 Å². The van der Waals surface area contributed by atoms with Crippen LogP contribution in [0.3, 0.4) is 0 Å². The highest BCUT2D eigenvalue weighted by Crippen LogP contribution is 2.45. The van der Waals surface area contributed by atoms with Crippen molar-refractivity contribution >= 4 is 50.2 Å². The van der Waals surface area contributed by atoms with Crippen molar-refractivity contribution in [2.45, 2.75) is 59.7 Å². The van der Waals surface area contributed by atoms with Gasteiger partial charge in [0.1, 0.15) is 40.6 Å². The lowest BCUT2D eigenvalue weighted by Gasteiger charge is -2.34. The van der Waals surface area contributed by atoms with Crippen molar-refractivity contribution in [2.24, 2.45) is 5.41 Å². The van der Waals surface area contributed by atoms with Crippen LogP contribution in [0.1, 0.15) is 47.7 Å². The molecule has 1 saturated heterocycles. The van der Waals surface area contributed by atoms with E-state index in [0.717, 1.165) is 16.7 Å². The number of hydrogen-bond acceptors (Lipinski definition) is 7. The lowest BCUT2D eigenvalue weighted by Crippen LogP contribution is -2.50. The summed E-state index contributed by atoms with van der Waals surface area (Å²) in [5.41, 5.74) is 3.23. The first-order valence-electron chi connectivity index (χ1n) is 13.6. The SMILES string of the molecule is CC(=O)c1nn(CC(=O)N2[C@H](C(=O)Nc3nc(Br)c(F)cc3C)C[C@@]3(C)C#C[C@@H]23)c2c(C)cc(-c3cnc(C)nc3)cc12. The number of carbonyl (C=O) groups excluding carboxylic acids is 3. The third-order valence-corrected chi connectivity index (χ3v) is 8.61. The Labute approximate surface area is 255 Å². The minimum atomic E-state index is -0.849. The van der Waals surface area contributed by atoms with Gasteiger partial charge in [0.15, 0.2) is 11.6 Å². The molecule has 10 nitrogen and oxygen atoms in total. The van der Waals surface area contributed by atoms with Crippen LogP contribution in [0.25, 0.3) is 22.0 Å². The fraction of sp³-hybridized carbons (Fsp3) is 0.323. The van der Waals surface area contributed by atoms with Crippen molar-refractivity contribution in [3.05, 3.63) is 63.7 Å². The number of amides is 2. The number of fused-ring (bicyclic) bond motifs is 2. The summed E-state index contributed by atoms with van der Waals surface area (Å²) < 4.78 is 15.4. The largest absolute Gasteiger partial charge is 0.314 e. The van der Waals surface area contributed by atoms with E-state index in [4.69, 9.17) is 0 Å². The Morgan fingerprint density at radius 2 is 1.84 bits per heavy atom. The van der Waals surface area contributed by atoms with E-state index in [9.17, 15) is 18.8 Å². The summed E-state index contributed by atoms with van der Waals surface area (Å²) in [6, 6.07) is 3.77. The predicted octanol–water partition coefficient (Wildman–Crippen LogP) is 4.55. The minimum absolute atomic E-state index is 0.0246. The number of carbonyl (C=O) groups is 3. The van der Waals surface area contributed by atoms with Crippen LogP contribution >= 0.6 is 15.9 Å². The van der Waals surface area contributed by atoms with Gasteiger partial charge >= 0.3 is 0 Å². The second kappa shape index (κ2) is 10.3. The highest BCUT2D eigenvalue weighted by molar-refractivity contribution is 9.10. The molecule has 4 heterocycles. The van der Waals surface area contributed by atoms with Crippen LogP contribution in [0.2, 0.25) is 0 Å². The van der Waals surface area contributed by atoms with Crippen molar-refractivity contribution in [3.8, 4) is 23.0 Å². The Hall–Kier alpha value is -4.50. The lowest BCUT2D eigenvalue weighted by atomic mass is 9.76. The number of pyridine rings is 1. The molecule has 3 atom stereocenters. The molecule has 1 aliphatic carbocycles. The zero-order valence-corrected chi connectivity index (χ0v) is 25.7. The zero-order valence-electron chi connectivity index (χ0n) is 24.1. The van der Waals surface area contributed by atoms with Gasteiger partial charge in [-0.15, -0.1) is 0 Å². The van der Waals surface area contributed by atoms with Crippen LogP contribution in [0.15, 0.2) is 35.2 Å². The molecular formula is C31H27BrFN7O3. The summed E-state index contributed by atoms with van der Waals surface area (Å²) >= 11 is 3.06. The second-order valence-corrected chi connectivity index (χ2v) is 12.0. The molecule has 0 bridgehead atoms. The summed E-state index contributed by atoms with van der Waals surface area (Å²) in [4.78, 5) is 54.4. The molecule has 4 aromatic rings. The summed E-state index contributed by atoms with van der Waals surface area (Å²) in [5, 5.41) is 7.94. The number of aromatic nitrogens is 5. The zero-order chi connectivity index (χ0) is 30.8. The first-order valence-corrected chi connectivity index (χ1v) is 14.4. The molecular weight excluding hydrogens is 617 g/mol. The molecule has 218 valence electrons. The third-order valence-electron chi connectivity index (χ3n) is 8.05. The van der Waals surface area contributed by atoms with E-state index in [-0.39, 0.29) is 34.4 Å². The Morgan fingerprint density at radius 3 is 2.49 bits per heavy atom. The number of nitrogens with zero attached hydrogens (tertiary/aromatic N) is 6. The van der Waals surface area contributed by atoms with Crippen molar-refractivity contribution in [3.63, 3.8) is 0 Å². The van der Waals surface area contributed by atoms with Crippen LogP contribution in [0.5, 0.6) is 0 Å². The van der Waals surface area contributed by atoms with Crippen LogP contribution in [0.4, 0.5) is 10.2 Å². The molecule has 2 aliphatic rings. The second-order valence-electron chi connectivity index (χ2n) is 11.3. The first-order chi connectivity index (χ1) is 20.4. The van der Waals surface area contributed by atoms with Gasteiger partial charge in [-0.1, -0.05) is 11.8 Å². The van der Waals surface area contributed by atoms with Crippen molar-refractivity contribution in [2.75, 3.05) is 5.32 Å². The van der Waals surface area contributed by atoms with E-state index in [1.807, 2.05) is 26.0 Å². The van der Waals surface area contributed by atoms with Crippen molar-refractivity contribution in [1.82, 2.24) is 29.6 Å². The number of nitrogens with one attached hydrogen (secondary N) is 1. The van der Waals surface area contributed by atoms with Gasteiger partial charge in [0.25, 0.3) is 0 Å². The van der Waals surface area contributed by atoms with E-state index in [0.29, 0.717) is 28.7 Å². The van der Waals surface area contributed by atoms with Gasteiger partial charge in [-0.25, -0.2) is 19.3 Å². The van der Waals surface area contributed by atoms with E-state index >= 15 is 0 Å². The Balaban J connectivity index is 1.33. The van der Waals surface area contributed by atoms with Crippen LogP contribution < -0.4 is 5.32 Å². The number of hydrogen-bond donors (Lipinski definition) is 1. The van der Waals surface area contributed by atoms with Gasteiger partial charge < -0.3 is 10.2 Å². The Kier molecular flexibility index (Phi) is 6.88. The number of Topliss-reactive ketones (excluding diaryl/α,β-unsaturated/α-hetero) is 1. The average molecular weight is 645 g/mol. The maximum Gasteiger partial charge on any atom is 0.248 e. The van der Waals surface area contributed by atoms with E-state index in [1.54, 1.807) is 26.2 Å². The number of rotatable bonds is 6. The summed E-state index contributed by atoms with van der Waals surface area (Å²) in [5.74, 6) is 5.43. The van der Waals surface area contributed by atoms with Crippen LogP contribution in [-0.2, 0) is 16.1 Å². The smallest absolute Gasteiger partial charge is 0.248 e. The van der Waals surface area contributed by atoms with Gasteiger partial charge in [0.05, 0.1) is 10.9 Å². The molecule has 1 aliphatic heterocycles. The minimum Gasteiger partial charge on any atom is -0.314 e. The van der Waals surface area contributed by atoms with Gasteiger partial charge in [-0.3, -0.25) is 19.1 Å². The molecule has 0 radical (unpaired) electrons. The molecule has 0 unspecified atom stereocenters. The van der Waals surface area contributed by atoms with Gasteiger partial charge in [0.2, 0.25) is 11.8 Å². The molecule has 12 heteroatoms. The number of benzene rings is 1. The highest BCUT2D eigenvalue weighted by Gasteiger charge is 2.56. The fourth-order valence-electron chi connectivity index (χ4n) is 5.84. The predicted molar refractivity (Wildman–Crippen MR) is 160 cm³/mol. The molecule has 43 heavy (non-hydrogen) atoms. The Bertz CT molecular complexity index is 1930. The molecule has 0 spiro atoms. The maximum absolute atomic E-state index is 14.0. The molecule has 6 rings (SSSR count). The molecule has 3 aromatic heterocycles. The number of halogens is 2. The number of aryl methyl sites for hydroxylation is 3. The number of anilines is 1. The quantitative estimate of drug-likeness (QED) is 0.186. The number of ketones is 1. The molecule has 0 saturated carbocycles. The fourth-order valence-corrected chi connectivity index (χ4v) is 6.13. The first kappa shape index (κ1) is 28.6. The van der Waals surface area contributed by atoms with Gasteiger partial charge in [0, 0.05) is 30.3 Å². The molecule has 1 fully saturated rings. The lowest BCUT2D eigenvalue weighted by molar-refractivity contribution is -0.138. The maximum atomic E-state index is 14.0. The molecule has 1 N–H and O–H groups in total. The van der Waals surface area contributed by atoms with E-state index in [1.165, 1.54) is 22.6 Å². The summed E-state index contributed by atoms with van der Waals surface area (Å²) in [6.45, 7) is 8.50. The van der Waals surface area contributed by atoms with Gasteiger partial charge in [-0.05, 0) is 84.9 Å². The summed E-state index contributed by atoms with van der Waals surface area (Å²) in [6.07, 6.45) is 3.78. The Morgan fingerprint density at radius 1 is 1.12 bits per heavy atom. The topological polar surface area (TPSA) is 123 Å². The van der Waals surface area contributed by atoms with Gasteiger partial charge in [-0.2, -0.15) is 5.10 Å². The monoisotopic (exact) mass is 643 g/mol. The average Bonchev–Trinajstić information content (AvgIpc) is 3.41. The van der Waals surface area contributed by atoms with Crippen LogP contribution in [-0.4, -0.2) is 59.3 Å². The molecule has 2 amide bonds.